The summed E-state index contributed by atoms with van der Waals surface area (Å²) in [4.78, 5) is 20.0. The van der Waals surface area contributed by atoms with Crippen molar-refractivity contribution < 1.29 is 4.79 Å². The highest BCUT2D eigenvalue weighted by Gasteiger charge is 2.09. The van der Waals surface area contributed by atoms with Crippen LogP contribution in [0, 0.1) is 0 Å². The molecule has 2 aromatic heterocycles. The Morgan fingerprint density at radius 3 is 2.74 bits per heavy atom. The average Bonchev–Trinajstić information content (AvgIpc) is 3.03. The molecule has 0 aliphatic carbocycles. The summed E-state index contributed by atoms with van der Waals surface area (Å²) in [5.74, 6) is 1.47. The van der Waals surface area contributed by atoms with Crippen LogP contribution in [-0.2, 0) is 10.5 Å². The van der Waals surface area contributed by atoms with Crippen LogP contribution in [0.3, 0.4) is 0 Å². The number of hydrogen-bond donors (Lipinski definition) is 1. The summed E-state index contributed by atoms with van der Waals surface area (Å²) in [7, 11) is 0. The number of nitrogens with zero attached hydrogens (tertiary/aromatic N) is 3. The molecule has 3 aromatic rings. The van der Waals surface area contributed by atoms with E-state index in [4.69, 9.17) is 0 Å². The monoisotopic (exact) mass is 324 g/mol. The molecule has 1 amide bonds. The zero-order valence-electron chi connectivity index (χ0n) is 12.6. The summed E-state index contributed by atoms with van der Waals surface area (Å²) in [6.45, 7) is 1.51. The van der Waals surface area contributed by atoms with Crippen LogP contribution in [0.5, 0.6) is 0 Å². The number of carbonyl (C=O) groups excluding carboxylic acids is 1. The number of aromatic nitrogens is 3. The van der Waals surface area contributed by atoms with E-state index in [2.05, 4.69) is 15.3 Å². The fourth-order valence-electron chi connectivity index (χ4n) is 2.17. The lowest BCUT2D eigenvalue weighted by Gasteiger charge is -2.10. The Labute approximate surface area is 138 Å². The van der Waals surface area contributed by atoms with Crippen LogP contribution in [-0.4, -0.2) is 20.4 Å². The molecule has 6 heteroatoms. The zero-order chi connectivity index (χ0) is 16.1. The summed E-state index contributed by atoms with van der Waals surface area (Å²) in [6.07, 6.45) is 5.41. The van der Waals surface area contributed by atoms with Crippen molar-refractivity contribution in [2.24, 2.45) is 0 Å². The minimum atomic E-state index is -0.0718. The van der Waals surface area contributed by atoms with Crippen LogP contribution >= 0.6 is 11.8 Å². The van der Waals surface area contributed by atoms with Gasteiger partial charge in [-0.3, -0.25) is 9.36 Å². The Morgan fingerprint density at radius 2 is 1.96 bits per heavy atom. The van der Waals surface area contributed by atoms with Crippen molar-refractivity contribution in [3.8, 4) is 5.82 Å². The maximum atomic E-state index is 11.3. The van der Waals surface area contributed by atoms with E-state index < -0.39 is 0 Å². The molecule has 0 saturated heterocycles. The van der Waals surface area contributed by atoms with Crippen molar-refractivity contribution in [1.82, 2.24) is 14.5 Å². The van der Waals surface area contributed by atoms with Crippen molar-refractivity contribution in [1.29, 1.82) is 0 Å². The molecule has 0 bridgehead atoms. The van der Waals surface area contributed by atoms with E-state index in [0.29, 0.717) is 5.75 Å². The van der Waals surface area contributed by atoms with E-state index in [1.807, 2.05) is 53.2 Å². The summed E-state index contributed by atoms with van der Waals surface area (Å²) in [6, 6.07) is 13.6. The number of hydrogen-bond acceptors (Lipinski definition) is 4. The molecule has 0 unspecified atom stereocenters. The minimum Gasteiger partial charge on any atom is -0.326 e. The van der Waals surface area contributed by atoms with Crippen LogP contribution < -0.4 is 5.32 Å². The van der Waals surface area contributed by atoms with Crippen molar-refractivity contribution >= 4 is 23.4 Å². The fraction of sp³-hybridized carbons (Fsp3) is 0.118. The van der Waals surface area contributed by atoms with Gasteiger partial charge < -0.3 is 5.32 Å². The van der Waals surface area contributed by atoms with E-state index >= 15 is 0 Å². The molecule has 0 atom stereocenters. The highest BCUT2D eigenvalue weighted by molar-refractivity contribution is 7.98. The van der Waals surface area contributed by atoms with E-state index in [1.165, 1.54) is 6.92 Å². The van der Waals surface area contributed by atoms with Gasteiger partial charge >= 0.3 is 0 Å². The van der Waals surface area contributed by atoms with Gasteiger partial charge in [-0.05, 0) is 23.8 Å². The van der Waals surface area contributed by atoms with Crippen molar-refractivity contribution in [3.05, 3.63) is 66.6 Å². The lowest BCUT2D eigenvalue weighted by molar-refractivity contribution is -0.114. The minimum absolute atomic E-state index is 0.0718. The number of benzene rings is 1. The standard InChI is InChI=1S/C17H16N4OS/c1-13(22)20-15-7-3-2-6-14(15)12-23-17-19-10-11-21(17)16-8-4-5-9-18-16/h2-11H,12H2,1H3,(H,20,22). The van der Waals surface area contributed by atoms with Crippen molar-refractivity contribution in [2.75, 3.05) is 5.32 Å². The van der Waals surface area contributed by atoms with Gasteiger partial charge in [0.05, 0.1) is 0 Å². The van der Waals surface area contributed by atoms with Crippen LogP contribution in [0.15, 0.2) is 66.2 Å². The maximum Gasteiger partial charge on any atom is 0.221 e. The third kappa shape index (κ3) is 3.78. The fourth-order valence-corrected chi connectivity index (χ4v) is 3.13. The highest BCUT2D eigenvalue weighted by Crippen LogP contribution is 2.27. The summed E-state index contributed by atoms with van der Waals surface area (Å²) >= 11 is 1.60. The first-order chi connectivity index (χ1) is 11.2. The van der Waals surface area contributed by atoms with Gasteiger partial charge in [-0.1, -0.05) is 36.0 Å². The van der Waals surface area contributed by atoms with Gasteiger partial charge in [0.15, 0.2) is 5.16 Å². The third-order valence-corrected chi connectivity index (χ3v) is 4.20. The predicted molar refractivity (Wildman–Crippen MR) is 91.7 cm³/mol. The molecule has 23 heavy (non-hydrogen) atoms. The first-order valence-electron chi connectivity index (χ1n) is 7.17. The molecule has 1 N–H and O–H groups in total. The molecule has 116 valence electrons. The highest BCUT2D eigenvalue weighted by atomic mass is 32.2. The predicted octanol–water partition coefficient (Wildman–Crippen LogP) is 3.52. The van der Waals surface area contributed by atoms with Crippen LogP contribution in [0.25, 0.3) is 5.82 Å². The number of thioether (sulfide) groups is 1. The molecule has 0 saturated carbocycles. The normalized spacial score (nSPS) is 10.5. The molecule has 0 spiro atoms. The molecule has 0 aliphatic heterocycles. The van der Waals surface area contributed by atoms with Gasteiger partial charge in [-0.25, -0.2) is 9.97 Å². The SMILES string of the molecule is CC(=O)Nc1ccccc1CSc1nccn1-c1ccccn1. The Kier molecular flexibility index (Phi) is 4.73. The summed E-state index contributed by atoms with van der Waals surface area (Å²) in [5.41, 5.74) is 1.90. The van der Waals surface area contributed by atoms with Gasteiger partial charge in [0.2, 0.25) is 5.91 Å². The Morgan fingerprint density at radius 1 is 1.13 bits per heavy atom. The van der Waals surface area contributed by atoms with Crippen molar-refractivity contribution in [2.45, 2.75) is 17.8 Å². The molecular weight excluding hydrogens is 308 g/mol. The molecule has 0 radical (unpaired) electrons. The van der Waals surface area contributed by atoms with Gasteiger partial charge in [0.25, 0.3) is 0 Å². The number of rotatable bonds is 5. The number of nitrogens with one attached hydrogen (secondary N) is 1. The second-order valence-corrected chi connectivity index (χ2v) is 5.84. The molecule has 2 heterocycles. The maximum absolute atomic E-state index is 11.3. The van der Waals surface area contributed by atoms with E-state index in [-0.39, 0.29) is 5.91 Å². The average molecular weight is 324 g/mol. The largest absolute Gasteiger partial charge is 0.326 e. The third-order valence-electron chi connectivity index (χ3n) is 3.19. The van der Waals surface area contributed by atoms with E-state index in [9.17, 15) is 4.79 Å². The molecule has 3 rings (SSSR count). The number of amides is 1. The second-order valence-electron chi connectivity index (χ2n) is 4.89. The lowest BCUT2D eigenvalue weighted by atomic mass is 10.2. The van der Waals surface area contributed by atoms with Gasteiger partial charge in [0.1, 0.15) is 5.82 Å². The van der Waals surface area contributed by atoms with Gasteiger partial charge in [-0.15, -0.1) is 0 Å². The van der Waals surface area contributed by atoms with Gasteiger partial charge in [0, 0.05) is 37.0 Å². The number of pyridine rings is 1. The van der Waals surface area contributed by atoms with E-state index in [0.717, 1.165) is 22.2 Å². The number of para-hydroxylation sites is 1. The van der Waals surface area contributed by atoms with Crippen LogP contribution in [0.4, 0.5) is 5.69 Å². The number of imidazole rings is 1. The first-order valence-corrected chi connectivity index (χ1v) is 8.15. The molecular formula is C17H16N4OS. The van der Waals surface area contributed by atoms with Crippen LogP contribution in [0.1, 0.15) is 12.5 Å². The topological polar surface area (TPSA) is 59.8 Å². The molecule has 5 nitrogen and oxygen atoms in total. The van der Waals surface area contributed by atoms with Crippen LogP contribution in [0.2, 0.25) is 0 Å². The Balaban J connectivity index is 1.78. The van der Waals surface area contributed by atoms with Gasteiger partial charge in [-0.2, -0.15) is 0 Å². The summed E-state index contributed by atoms with van der Waals surface area (Å²) < 4.78 is 1.95. The lowest BCUT2D eigenvalue weighted by Crippen LogP contribution is -2.07. The first kappa shape index (κ1) is 15.3. The summed E-state index contributed by atoms with van der Waals surface area (Å²) in [5, 5.41) is 3.72. The van der Waals surface area contributed by atoms with Crippen molar-refractivity contribution in [3.63, 3.8) is 0 Å². The van der Waals surface area contributed by atoms with E-state index in [1.54, 1.807) is 24.2 Å². The Hall–Kier alpha value is -2.60. The number of carbonyl (C=O) groups is 1. The smallest absolute Gasteiger partial charge is 0.221 e. The molecule has 0 fully saturated rings. The Bertz CT molecular complexity index is 801. The molecule has 0 aliphatic rings. The quantitative estimate of drug-likeness (QED) is 0.730. The second kappa shape index (κ2) is 7.11. The molecule has 1 aromatic carbocycles. The zero-order valence-corrected chi connectivity index (χ0v) is 13.5. The number of anilines is 1.